The van der Waals surface area contributed by atoms with E-state index in [0.717, 1.165) is 19.3 Å². The van der Waals surface area contributed by atoms with Crippen molar-refractivity contribution in [3.8, 4) is 0 Å². The summed E-state index contributed by atoms with van der Waals surface area (Å²) in [6.07, 6.45) is 11.7. The Kier molecular flexibility index (Phi) is 6.30. The molecule has 1 amide bonds. The molecule has 0 bridgehead atoms. The van der Waals surface area contributed by atoms with E-state index in [9.17, 15) is 9.90 Å². The zero-order valence-electron chi connectivity index (χ0n) is 12.5. The third-order valence-corrected chi connectivity index (χ3v) is 4.96. The summed E-state index contributed by atoms with van der Waals surface area (Å²) in [5.41, 5.74) is 6.04. The number of amides is 1. The first-order chi connectivity index (χ1) is 9.66. The molecule has 2 aliphatic rings. The second-order valence-corrected chi connectivity index (χ2v) is 6.69. The largest absolute Gasteiger partial charge is 0.382 e. The van der Waals surface area contributed by atoms with Crippen molar-refractivity contribution in [1.82, 2.24) is 5.32 Å². The SMILES string of the molecule is N[C@H](CC1CCCCC1)C(O)C(=O)NC1CCCCC1. The number of nitrogens with one attached hydrogen (secondary N) is 1. The molecule has 1 unspecified atom stereocenters. The summed E-state index contributed by atoms with van der Waals surface area (Å²) in [7, 11) is 0. The van der Waals surface area contributed by atoms with Crippen LogP contribution in [-0.4, -0.2) is 29.2 Å². The Labute approximate surface area is 122 Å². The molecule has 0 aromatic carbocycles. The molecule has 0 saturated heterocycles. The topological polar surface area (TPSA) is 75.3 Å². The molecule has 4 N–H and O–H groups in total. The van der Waals surface area contributed by atoms with Gasteiger partial charge in [-0.05, 0) is 25.2 Å². The highest BCUT2D eigenvalue weighted by Gasteiger charge is 2.28. The van der Waals surface area contributed by atoms with E-state index >= 15 is 0 Å². The number of nitrogens with two attached hydrogens (primary N) is 1. The minimum atomic E-state index is -1.04. The summed E-state index contributed by atoms with van der Waals surface area (Å²) in [6, 6.07) is -0.172. The molecule has 2 aliphatic carbocycles. The van der Waals surface area contributed by atoms with Crippen molar-refractivity contribution in [1.29, 1.82) is 0 Å². The van der Waals surface area contributed by atoms with E-state index in [1.165, 1.54) is 51.4 Å². The van der Waals surface area contributed by atoms with Gasteiger partial charge in [-0.3, -0.25) is 4.79 Å². The standard InChI is InChI=1S/C16H30N2O2/c17-14(11-12-7-3-1-4-8-12)15(19)16(20)18-13-9-5-2-6-10-13/h12-15,19H,1-11,17H2,(H,18,20)/t14-,15?/m1/s1. The second-order valence-electron chi connectivity index (χ2n) is 6.69. The maximum Gasteiger partial charge on any atom is 0.250 e. The molecular formula is C16H30N2O2. The highest BCUT2D eigenvalue weighted by atomic mass is 16.3. The number of aliphatic hydroxyl groups is 1. The Morgan fingerprint density at radius 2 is 1.60 bits per heavy atom. The van der Waals surface area contributed by atoms with E-state index in [0.29, 0.717) is 5.92 Å². The van der Waals surface area contributed by atoms with E-state index < -0.39 is 12.1 Å². The molecule has 2 atom stereocenters. The highest BCUT2D eigenvalue weighted by molar-refractivity contribution is 5.81. The minimum Gasteiger partial charge on any atom is -0.382 e. The van der Waals surface area contributed by atoms with Gasteiger partial charge in [-0.25, -0.2) is 0 Å². The van der Waals surface area contributed by atoms with Crippen molar-refractivity contribution >= 4 is 5.91 Å². The van der Waals surface area contributed by atoms with Gasteiger partial charge in [-0.15, -0.1) is 0 Å². The smallest absolute Gasteiger partial charge is 0.250 e. The number of carbonyl (C=O) groups excluding carboxylic acids is 1. The predicted molar refractivity (Wildman–Crippen MR) is 80.2 cm³/mol. The minimum absolute atomic E-state index is 0.243. The normalized spacial score (nSPS) is 25.1. The molecule has 20 heavy (non-hydrogen) atoms. The molecule has 2 rings (SSSR count). The fraction of sp³-hybridized carbons (Fsp3) is 0.938. The number of rotatable bonds is 5. The Hall–Kier alpha value is -0.610. The van der Waals surface area contributed by atoms with Gasteiger partial charge in [0, 0.05) is 12.1 Å². The zero-order valence-corrected chi connectivity index (χ0v) is 12.5. The van der Waals surface area contributed by atoms with E-state index in [-0.39, 0.29) is 11.9 Å². The number of aliphatic hydroxyl groups excluding tert-OH is 1. The van der Waals surface area contributed by atoms with E-state index in [2.05, 4.69) is 5.32 Å². The average Bonchev–Trinajstić information content (AvgIpc) is 2.48. The quantitative estimate of drug-likeness (QED) is 0.723. The molecule has 2 fully saturated rings. The van der Waals surface area contributed by atoms with Gasteiger partial charge in [-0.1, -0.05) is 51.4 Å². The number of carbonyl (C=O) groups is 1. The van der Waals surface area contributed by atoms with Gasteiger partial charge in [0.2, 0.25) is 0 Å². The monoisotopic (exact) mass is 282 g/mol. The van der Waals surface area contributed by atoms with Crippen LogP contribution in [0, 0.1) is 5.92 Å². The Bertz CT molecular complexity index is 297. The van der Waals surface area contributed by atoms with Crippen molar-refractivity contribution in [3.63, 3.8) is 0 Å². The third-order valence-electron chi connectivity index (χ3n) is 4.96. The van der Waals surface area contributed by atoms with Crippen LogP contribution >= 0.6 is 0 Å². The van der Waals surface area contributed by atoms with Crippen molar-refractivity contribution in [2.24, 2.45) is 11.7 Å². The van der Waals surface area contributed by atoms with Crippen LogP contribution in [0.5, 0.6) is 0 Å². The first kappa shape index (κ1) is 15.8. The van der Waals surface area contributed by atoms with Crippen LogP contribution in [0.25, 0.3) is 0 Å². The Morgan fingerprint density at radius 3 is 2.20 bits per heavy atom. The van der Waals surface area contributed by atoms with Gasteiger partial charge in [0.1, 0.15) is 6.10 Å². The molecule has 0 aromatic heterocycles. The fourth-order valence-electron chi connectivity index (χ4n) is 3.66. The van der Waals surface area contributed by atoms with Gasteiger partial charge in [0.15, 0.2) is 0 Å². The lowest BCUT2D eigenvalue weighted by atomic mass is 9.84. The average molecular weight is 282 g/mol. The number of hydrogen-bond acceptors (Lipinski definition) is 3. The second kappa shape index (κ2) is 7.99. The molecule has 0 aromatic rings. The van der Waals surface area contributed by atoms with Crippen LogP contribution < -0.4 is 11.1 Å². The summed E-state index contributed by atoms with van der Waals surface area (Å²) in [6.45, 7) is 0. The van der Waals surface area contributed by atoms with Crippen molar-refractivity contribution < 1.29 is 9.90 Å². The lowest BCUT2D eigenvalue weighted by Crippen LogP contribution is -2.50. The summed E-state index contributed by atoms with van der Waals surface area (Å²) in [5, 5.41) is 13.1. The van der Waals surface area contributed by atoms with Crippen LogP contribution in [0.4, 0.5) is 0 Å². The van der Waals surface area contributed by atoms with Gasteiger partial charge < -0.3 is 16.2 Å². The summed E-state index contributed by atoms with van der Waals surface area (Å²) >= 11 is 0. The molecule has 2 saturated carbocycles. The zero-order chi connectivity index (χ0) is 14.4. The van der Waals surface area contributed by atoms with Gasteiger partial charge in [-0.2, -0.15) is 0 Å². The molecule has 4 heteroatoms. The van der Waals surface area contributed by atoms with Crippen molar-refractivity contribution in [3.05, 3.63) is 0 Å². The molecule has 0 radical (unpaired) electrons. The van der Waals surface area contributed by atoms with Gasteiger partial charge >= 0.3 is 0 Å². The van der Waals surface area contributed by atoms with Crippen LogP contribution in [0.2, 0.25) is 0 Å². The first-order valence-corrected chi connectivity index (χ1v) is 8.41. The molecule has 0 aliphatic heterocycles. The summed E-state index contributed by atoms with van der Waals surface area (Å²) < 4.78 is 0. The third kappa shape index (κ3) is 4.74. The molecule has 0 heterocycles. The molecular weight excluding hydrogens is 252 g/mol. The van der Waals surface area contributed by atoms with Gasteiger partial charge in [0.25, 0.3) is 5.91 Å². The lowest BCUT2D eigenvalue weighted by molar-refractivity contribution is -0.131. The Balaban J connectivity index is 1.73. The van der Waals surface area contributed by atoms with E-state index in [1.807, 2.05) is 0 Å². The first-order valence-electron chi connectivity index (χ1n) is 8.41. The van der Waals surface area contributed by atoms with Crippen LogP contribution in [0.1, 0.15) is 70.6 Å². The maximum atomic E-state index is 12.1. The number of hydrogen-bond donors (Lipinski definition) is 3. The molecule has 0 spiro atoms. The Morgan fingerprint density at radius 1 is 1.05 bits per heavy atom. The van der Waals surface area contributed by atoms with Crippen LogP contribution in [0.3, 0.4) is 0 Å². The highest BCUT2D eigenvalue weighted by Crippen LogP contribution is 2.27. The van der Waals surface area contributed by atoms with Crippen molar-refractivity contribution in [2.75, 3.05) is 0 Å². The van der Waals surface area contributed by atoms with Gasteiger partial charge in [0.05, 0.1) is 0 Å². The predicted octanol–water partition coefficient (Wildman–Crippen LogP) is 2.09. The molecule has 116 valence electrons. The van der Waals surface area contributed by atoms with Crippen LogP contribution in [0.15, 0.2) is 0 Å². The van der Waals surface area contributed by atoms with E-state index in [4.69, 9.17) is 5.73 Å². The molecule has 4 nitrogen and oxygen atoms in total. The lowest BCUT2D eigenvalue weighted by Gasteiger charge is -2.28. The van der Waals surface area contributed by atoms with Crippen LogP contribution in [-0.2, 0) is 4.79 Å². The maximum absolute atomic E-state index is 12.1. The van der Waals surface area contributed by atoms with E-state index in [1.54, 1.807) is 0 Å². The summed E-state index contributed by atoms with van der Waals surface area (Å²) in [5.74, 6) is 0.330. The van der Waals surface area contributed by atoms with Crippen molar-refractivity contribution in [2.45, 2.75) is 88.8 Å². The summed E-state index contributed by atoms with van der Waals surface area (Å²) in [4.78, 5) is 12.1. The fourth-order valence-corrected chi connectivity index (χ4v) is 3.66.